The van der Waals surface area contributed by atoms with Crippen molar-refractivity contribution < 1.29 is 35.2 Å². The molecular weight excluding hydrogens is 433 g/mol. The van der Waals surface area contributed by atoms with Crippen LogP contribution in [0.2, 0.25) is 0 Å². The number of fused-ring (bicyclic) bond motifs is 1. The number of sulfonamides is 1. The molecule has 0 radical (unpaired) electrons. The van der Waals surface area contributed by atoms with E-state index in [-0.39, 0.29) is 22.7 Å². The van der Waals surface area contributed by atoms with Crippen LogP contribution >= 0.6 is 0 Å². The highest BCUT2D eigenvalue weighted by molar-refractivity contribution is 7.92. The van der Waals surface area contributed by atoms with Crippen molar-refractivity contribution in [2.75, 3.05) is 23.7 Å². The predicted octanol–water partition coefficient (Wildman–Crippen LogP) is 3.24. The van der Waals surface area contributed by atoms with Crippen LogP contribution in [0.1, 0.15) is 11.1 Å². The molecular formula is C18H16F5N3O3S. The van der Waals surface area contributed by atoms with Crippen molar-refractivity contribution in [3.05, 3.63) is 53.1 Å². The molecule has 162 valence electrons. The number of nitrogens with zero attached hydrogens (tertiary/aromatic N) is 2. The Bertz CT molecular complexity index is 1120. The fourth-order valence-electron chi connectivity index (χ4n) is 3.02. The second-order valence-electron chi connectivity index (χ2n) is 6.87. The molecule has 0 unspecified atom stereocenters. The van der Waals surface area contributed by atoms with Crippen molar-refractivity contribution in [1.29, 1.82) is 0 Å². The van der Waals surface area contributed by atoms with Gasteiger partial charge in [0.25, 0.3) is 10.0 Å². The summed E-state index contributed by atoms with van der Waals surface area (Å²) in [5.74, 6) is -4.04. The third-order valence-electron chi connectivity index (χ3n) is 4.50. The Balaban J connectivity index is 1.88. The fourth-order valence-corrected chi connectivity index (χ4v) is 4.13. The minimum atomic E-state index is -5.04. The van der Waals surface area contributed by atoms with Gasteiger partial charge in [0.15, 0.2) is 0 Å². The van der Waals surface area contributed by atoms with Crippen molar-refractivity contribution in [3.63, 3.8) is 0 Å². The van der Waals surface area contributed by atoms with Crippen molar-refractivity contribution in [3.8, 4) is 0 Å². The number of nitrogens with one attached hydrogen (secondary N) is 1. The SMILES string of the molecule is CN(C)c1cc(NS(=O)(=O)c2ccc3c(c2)CN(C(=O)C(F)(F)F)C3)c(F)cc1F. The summed E-state index contributed by atoms with van der Waals surface area (Å²) >= 11 is 0. The average molecular weight is 449 g/mol. The van der Waals surface area contributed by atoms with Crippen LogP contribution in [-0.4, -0.2) is 39.5 Å². The molecule has 1 amide bonds. The molecule has 0 saturated heterocycles. The minimum Gasteiger partial charge on any atom is -0.375 e. The second kappa shape index (κ2) is 7.42. The van der Waals surface area contributed by atoms with Crippen LogP contribution in [0.15, 0.2) is 35.2 Å². The van der Waals surface area contributed by atoms with Gasteiger partial charge in [-0.15, -0.1) is 0 Å². The number of rotatable bonds is 4. The maximum absolute atomic E-state index is 14.1. The molecule has 1 aliphatic rings. The number of hydrogen-bond donors (Lipinski definition) is 1. The van der Waals surface area contributed by atoms with E-state index in [4.69, 9.17) is 0 Å². The summed E-state index contributed by atoms with van der Waals surface area (Å²) in [5.41, 5.74) is 0.0530. The van der Waals surface area contributed by atoms with E-state index in [9.17, 15) is 35.2 Å². The summed E-state index contributed by atoms with van der Waals surface area (Å²) in [6.45, 7) is -0.715. The van der Waals surface area contributed by atoms with Crippen molar-refractivity contribution in [2.45, 2.75) is 24.2 Å². The summed E-state index contributed by atoms with van der Waals surface area (Å²) in [4.78, 5) is 12.9. The van der Waals surface area contributed by atoms with Crippen molar-refractivity contribution >= 4 is 27.3 Å². The van der Waals surface area contributed by atoms with Gasteiger partial charge in [-0.2, -0.15) is 13.2 Å². The minimum absolute atomic E-state index is 0.0515. The molecule has 1 aliphatic heterocycles. The first-order chi connectivity index (χ1) is 13.8. The van der Waals surface area contributed by atoms with Crippen molar-refractivity contribution in [1.82, 2.24) is 4.90 Å². The van der Waals surface area contributed by atoms with Crippen LogP contribution < -0.4 is 9.62 Å². The van der Waals surface area contributed by atoms with E-state index < -0.39 is 46.0 Å². The van der Waals surface area contributed by atoms with Gasteiger partial charge in [0.05, 0.1) is 16.3 Å². The average Bonchev–Trinajstić information content (AvgIpc) is 3.05. The van der Waals surface area contributed by atoms with Crippen LogP contribution in [0.4, 0.5) is 33.3 Å². The van der Waals surface area contributed by atoms with Gasteiger partial charge >= 0.3 is 12.1 Å². The molecule has 1 heterocycles. The van der Waals surface area contributed by atoms with Gasteiger partial charge in [0, 0.05) is 33.3 Å². The number of hydrogen-bond acceptors (Lipinski definition) is 4. The lowest BCUT2D eigenvalue weighted by Gasteiger charge is -2.17. The third kappa shape index (κ3) is 4.18. The summed E-state index contributed by atoms with van der Waals surface area (Å²) in [6.07, 6.45) is -5.04. The molecule has 6 nitrogen and oxygen atoms in total. The number of carbonyl (C=O) groups excluding carboxylic acids is 1. The van der Waals surface area contributed by atoms with E-state index in [1.165, 1.54) is 25.1 Å². The van der Waals surface area contributed by atoms with Gasteiger partial charge in [-0.05, 0) is 29.3 Å². The number of anilines is 2. The number of benzene rings is 2. The normalized spacial score (nSPS) is 13.9. The molecule has 3 rings (SSSR count). The van der Waals surface area contributed by atoms with E-state index in [0.717, 1.165) is 18.2 Å². The molecule has 0 fully saturated rings. The third-order valence-corrected chi connectivity index (χ3v) is 5.87. The Labute approximate surface area is 168 Å². The van der Waals surface area contributed by atoms with E-state index in [2.05, 4.69) is 0 Å². The molecule has 0 aliphatic carbocycles. The standard InChI is InChI=1S/C18H16F5N3O3S/c1-25(2)16-7-15(13(19)6-14(16)20)24-30(28,29)12-4-3-10-8-26(9-11(10)5-12)17(27)18(21,22)23/h3-7,24H,8-9H2,1-2H3. The first-order valence-electron chi connectivity index (χ1n) is 8.46. The molecule has 1 N–H and O–H groups in total. The van der Waals surface area contributed by atoms with E-state index >= 15 is 0 Å². The highest BCUT2D eigenvalue weighted by Gasteiger charge is 2.44. The first kappa shape index (κ1) is 21.8. The monoisotopic (exact) mass is 449 g/mol. The highest BCUT2D eigenvalue weighted by atomic mass is 32.2. The van der Waals surface area contributed by atoms with Gasteiger partial charge < -0.3 is 9.80 Å². The molecule has 2 aromatic rings. The zero-order valence-corrected chi connectivity index (χ0v) is 16.5. The molecule has 0 aromatic heterocycles. The lowest BCUT2D eigenvalue weighted by atomic mass is 10.1. The van der Waals surface area contributed by atoms with Gasteiger partial charge in [0.2, 0.25) is 0 Å². The molecule has 0 spiro atoms. The Kier molecular flexibility index (Phi) is 5.39. The molecule has 12 heteroatoms. The molecule has 0 atom stereocenters. The lowest BCUT2D eigenvalue weighted by Crippen LogP contribution is -2.37. The molecule has 0 saturated carbocycles. The Hall–Kier alpha value is -2.89. The van der Waals surface area contributed by atoms with Gasteiger partial charge in [-0.1, -0.05) is 6.07 Å². The maximum Gasteiger partial charge on any atom is 0.471 e. The summed E-state index contributed by atoms with van der Waals surface area (Å²) < 4.78 is 93.1. The zero-order valence-electron chi connectivity index (χ0n) is 15.7. The van der Waals surface area contributed by atoms with Gasteiger partial charge in [0.1, 0.15) is 11.6 Å². The topological polar surface area (TPSA) is 69.7 Å². The molecule has 2 aromatic carbocycles. The Morgan fingerprint density at radius 1 is 1.03 bits per heavy atom. The van der Waals surface area contributed by atoms with Gasteiger partial charge in [-0.3, -0.25) is 9.52 Å². The smallest absolute Gasteiger partial charge is 0.375 e. The highest BCUT2D eigenvalue weighted by Crippen LogP contribution is 2.31. The summed E-state index contributed by atoms with van der Waals surface area (Å²) in [7, 11) is -1.36. The zero-order chi connectivity index (χ0) is 22.4. The molecule has 0 bridgehead atoms. The maximum atomic E-state index is 14.1. The Morgan fingerprint density at radius 3 is 2.27 bits per heavy atom. The number of alkyl halides is 3. The van der Waals surface area contributed by atoms with Crippen LogP contribution in [0, 0.1) is 11.6 Å². The largest absolute Gasteiger partial charge is 0.471 e. The number of halogens is 5. The van der Waals surface area contributed by atoms with Crippen LogP contribution in [0.5, 0.6) is 0 Å². The van der Waals surface area contributed by atoms with Gasteiger partial charge in [-0.25, -0.2) is 17.2 Å². The van der Waals surface area contributed by atoms with E-state index in [0.29, 0.717) is 16.5 Å². The number of carbonyl (C=O) groups is 1. The Morgan fingerprint density at radius 2 is 1.67 bits per heavy atom. The summed E-state index contributed by atoms with van der Waals surface area (Å²) in [6, 6.07) is 5.07. The van der Waals surface area contributed by atoms with E-state index in [1.807, 2.05) is 4.72 Å². The quantitative estimate of drug-likeness (QED) is 0.728. The predicted molar refractivity (Wildman–Crippen MR) is 98.2 cm³/mol. The van der Waals surface area contributed by atoms with Crippen LogP contribution in [0.3, 0.4) is 0 Å². The first-order valence-corrected chi connectivity index (χ1v) is 9.95. The van der Waals surface area contributed by atoms with Crippen LogP contribution in [0.25, 0.3) is 0 Å². The lowest BCUT2D eigenvalue weighted by molar-refractivity contribution is -0.186. The number of amides is 1. The van der Waals surface area contributed by atoms with Crippen LogP contribution in [-0.2, 0) is 27.9 Å². The van der Waals surface area contributed by atoms with Crippen molar-refractivity contribution in [2.24, 2.45) is 0 Å². The summed E-state index contributed by atoms with van der Waals surface area (Å²) in [5, 5.41) is 0. The van der Waals surface area contributed by atoms with E-state index in [1.54, 1.807) is 0 Å². The second-order valence-corrected chi connectivity index (χ2v) is 8.56. The molecule has 30 heavy (non-hydrogen) atoms. The fraction of sp³-hybridized carbons (Fsp3) is 0.278.